The minimum atomic E-state index is 0.124. The molecule has 1 N–H and O–H groups in total. The zero-order valence-corrected chi connectivity index (χ0v) is 12.9. The predicted octanol–water partition coefficient (Wildman–Crippen LogP) is 2.99. The van der Waals surface area contributed by atoms with Gasteiger partial charge in [-0.1, -0.05) is 6.92 Å². The fourth-order valence-electron chi connectivity index (χ4n) is 2.00. The van der Waals surface area contributed by atoms with Gasteiger partial charge in [-0.25, -0.2) is 0 Å². The first-order chi connectivity index (χ1) is 8.59. The lowest BCUT2D eigenvalue weighted by Gasteiger charge is -2.21. The number of carbonyl (C=O) groups excluding carboxylic acids is 1. The van der Waals surface area contributed by atoms with Gasteiger partial charge in [0, 0.05) is 25.0 Å². The van der Waals surface area contributed by atoms with Gasteiger partial charge in [0.25, 0.3) is 0 Å². The Hall–Kier alpha value is -0.390. The maximum Gasteiger partial charge on any atom is 0.220 e. The summed E-state index contributed by atoms with van der Waals surface area (Å²) >= 11 is 5.15. The number of hydrogen-bond donors (Lipinski definition) is 1. The second-order valence-corrected chi connectivity index (χ2v) is 7.34. The third kappa shape index (κ3) is 3.80. The van der Waals surface area contributed by atoms with E-state index in [0.29, 0.717) is 6.42 Å². The third-order valence-corrected chi connectivity index (χ3v) is 5.14. The first kappa shape index (κ1) is 14.0. The van der Waals surface area contributed by atoms with E-state index in [-0.39, 0.29) is 11.3 Å². The highest BCUT2D eigenvalue weighted by molar-refractivity contribution is 9.11. The third-order valence-electron chi connectivity index (χ3n) is 3.33. The van der Waals surface area contributed by atoms with E-state index >= 15 is 0 Å². The van der Waals surface area contributed by atoms with E-state index in [1.807, 2.05) is 5.38 Å². The van der Waals surface area contributed by atoms with E-state index < -0.39 is 0 Å². The van der Waals surface area contributed by atoms with Crippen LogP contribution < -0.4 is 5.32 Å². The van der Waals surface area contributed by atoms with Gasteiger partial charge in [0.05, 0.1) is 10.4 Å². The number of hydrogen-bond acceptors (Lipinski definition) is 3. The van der Waals surface area contributed by atoms with Gasteiger partial charge >= 0.3 is 0 Å². The van der Waals surface area contributed by atoms with Gasteiger partial charge < -0.3 is 10.1 Å². The van der Waals surface area contributed by atoms with E-state index in [4.69, 9.17) is 4.74 Å². The minimum absolute atomic E-state index is 0.124. The molecule has 0 aromatic carbocycles. The van der Waals surface area contributed by atoms with Crippen molar-refractivity contribution in [2.24, 2.45) is 5.41 Å². The van der Waals surface area contributed by atoms with E-state index in [0.717, 1.165) is 36.4 Å². The lowest BCUT2D eigenvalue weighted by atomic mass is 9.90. The van der Waals surface area contributed by atoms with Gasteiger partial charge in [-0.3, -0.25) is 4.79 Å². The predicted molar refractivity (Wildman–Crippen MR) is 76.9 cm³/mol. The second-order valence-electron chi connectivity index (χ2n) is 5.11. The summed E-state index contributed by atoms with van der Waals surface area (Å²) in [6, 6.07) is 2.06. The lowest BCUT2D eigenvalue weighted by Crippen LogP contribution is -2.36. The molecule has 1 aliphatic heterocycles. The van der Waals surface area contributed by atoms with Gasteiger partial charge in [0.1, 0.15) is 0 Å². The number of amides is 1. The first-order valence-corrected chi connectivity index (χ1v) is 7.83. The molecular formula is C13H18BrNO2S. The molecule has 0 radical (unpaired) electrons. The summed E-state index contributed by atoms with van der Waals surface area (Å²) in [5, 5.41) is 5.05. The van der Waals surface area contributed by atoms with Gasteiger partial charge in [-0.05, 0) is 45.8 Å². The molecule has 100 valence electrons. The van der Waals surface area contributed by atoms with Crippen LogP contribution in [0.15, 0.2) is 15.2 Å². The largest absolute Gasteiger partial charge is 0.381 e. The molecule has 5 heteroatoms. The molecule has 1 fully saturated rings. The Balaban J connectivity index is 1.71. The highest BCUT2D eigenvalue weighted by Crippen LogP contribution is 2.27. The van der Waals surface area contributed by atoms with Crippen molar-refractivity contribution in [3.05, 3.63) is 20.8 Å². The fourth-order valence-corrected chi connectivity index (χ4v) is 3.32. The Morgan fingerprint density at radius 3 is 3.11 bits per heavy atom. The van der Waals surface area contributed by atoms with Crippen LogP contribution >= 0.6 is 27.3 Å². The number of aryl methyl sites for hydroxylation is 1. The van der Waals surface area contributed by atoms with Crippen LogP contribution in [0.1, 0.15) is 25.3 Å². The highest BCUT2D eigenvalue weighted by atomic mass is 79.9. The molecule has 1 saturated heterocycles. The molecule has 0 spiro atoms. The normalized spacial score (nSPS) is 23.2. The maximum absolute atomic E-state index is 11.8. The summed E-state index contributed by atoms with van der Waals surface area (Å²) in [7, 11) is 0. The second kappa shape index (κ2) is 6.17. The summed E-state index contributed by atoms with van der Waals surface area (Å²) in [4.78, 5) is 11.8. The quantitative estimate of drug-likeness (QED) is 0.900. The van der Waals surface area contributed by atoms with Crippen LogP contribution in [0, 0.1) is 5.41 Å². The number of rotatable bonds is 5. The van der Waals surface area contributed by atoms with Crippen molar-refractivity contribution >= 4 is 33.2 Å². The van der Waals surface area contributed by atoms with Crippen molar-refractivity contribution < 1.29 is 9.53 Å². The summed E-state index contributed by atoms with van der Waals surface area (Å²) in [6.07, 6.45) is 2.37. The Morgan fingerprint density at radius 1 is 1.67 bits per heavy atom. The molecule has 18 heavy (non-hydrogen) atoms. The van der Waals surface area contributed by atoms with Gasteiger partial charge in [-0.2, -0.15) is 0 Å². The molecule has 1 aliphatic rings. The zero-order chi connectivity index (χ0) is 13.0. The Kier molecular flexibility index (Phi) is 4.81. The molecule has 1 amide bonds. The summed E-state index contributed by atoms with van der Waals surface area (Å²) in [6.45, 7) is 4.45. The summed E-state index contributed by atoms with van der Waals surface area (Å²) < 4.78 is 6.50. The van der Waals surface area contributed by atoms with Crippen LogP contribution in [-0.2, 0) is 16.0 Å². The van der Waals surface area contributed by atoms with Crippen molar-refractivity contribution in [1.82, 2.24) is 5.32 Å². The monoisotopic (exact) mass is 331 g/mol. The lowest BCUT2D eigenvalue weighted by molar-refractivity contribution is -0.121. The first-order valence-electron chi connectivity index (χ1n) is 6.15. The van der Waals surface area contributed by atoms with E-state index in [2.05, 4.69) is 34.2 Å². The maximum atomic E-state index is 11.8. The van der Waals surface area contributed by atoms with Crippen molar-refractivity contribution in [1.29, 1.82) is 0 Å². The Labute approximate surface area is 120 Å². The molecule has 0 aliphatic carbocycles. The Morgan fingerprint density at radius 2 is 2.50 bits per heavy atom. The van der Waals surface area contributed by atoms with Gasteiger partial charge in [0.2, 0.25) is 5.91 Å². The average Bonchev–Trinajstić information content (AvgIpc) is 2.94. The number of halogens is 1. The van der Waals surface area contributed by atoms with Crippen LogP contribution in [0.25, 0.3) is 0 Å². The minimum Gasteiger partial charge on any atom is -0.381 e. The SMILES string of the molecule is CC1(CNC(=O)CCc2ccsc2Br)CCOC1. The van der Waals surface area contributed by atoms with E-state index in [1.54, 1.807) is 11.3 Å². The van der Waals surface area contributed by atoms with Crippen molar-refractivity contribution in [2.75, 3.05) is 19.8 Å². The summed E-state index contributed by atoms with van der Waals surface area (Å²) in [5.74, 6) is 0.126. The van der Waals surface area contributed by atoms with Gasteiger partial charge in [0.15, 0.2) is 0 Å². The number of thiophene rings is 1. The fraction of sp³-hybridized carbons (Fsp3) is 0.615. The molecule has 1 atom stereocenters. The van der Waals surface area contributed by atoms with Crippen molar-refractivity contribution in [3.63, 3.8) is 0 Å². The highest BCUT2D eigenvalue weighted by Gasteiger charge is 2.29. The molecule has 3 nitrogen and oxygen atoms in total. The summed E-state index contributed by atoms with van der Waals surface area (Å²) in [5.41, 5.74) is 1.34. The van der Waals surface area contributed by atoms with Crippen LogP contribution in [-0.4, -0.2) is 25.7 Å². The zero-order valence-electron chi connectivity index (χ0n) is 10.5. The van der Waals surface area contributed by atoms with Crippen LogP contribution in [0.2, 0.25) is 0 Å². The van der Waals surface area contributed by atoms with E-state index in [9.17, 15) is 4.79 Å². The number of nitrogens with one attached hydrogen (secondary N) is 1. The average molecular weight is 332 g/mol. The molecule has 1 aromatic rings. The molecule has 0 saturated carbocycles. The Bertz CT molecular complexity index is 413. The van der Waals surface area contributed by atoms with Crippen molar-refractivity contribution in [3.8, 4) is 0 Å². The van der Waals surface area contributed by atoms with E-state index in [1.165, 1.54) is 5.56 Å². The molecule has 1 aromatic heterocycles. The molecule has 2 heterocycles. The number of carbonyl (C=O) groups is 1. The molecule has 2 rings (SSSR count). The van der Waals surface area contributed by atoms with Crippen LogP contribution in [0.3, 0.4) is 0 Å². The van der Waals surface area contributed by atoms with Crippen molar-refractivity contribution in [2.45, 2.75) is 26.2 Å². The van der Waals surface area contributed by atoms with Gasteiger partial charge in [-0.15, -0.1) is 11.3 Å². The van der Waals surface area contributed by atoms with Crippen LogP contribution in [0.5, 0.6) is 0 Å². The standard InChI is InChI=1S/C13H18BrNO2S/c1-13(5-6-17-9-13)8-15-11(16)3-2-10-4-7-18-12(10)14/h4,7H,2-3,5-6,8-9H2,1H3,(H,15,16). The molecule has 0 bridgehead atoms. The topological polar surface area (TPSA) is 38.3 Å². The smallest absolute Gasteiger partial charge is 0.220 e. The molecular weight excluding hydrogens is 314 g/mol. The van der Waals surface area contributed by atoms with Crippen LogP contribution in [0.4, 0.5) is 0 Å². The number of ether oxygens (including phenoxy) is 1. The molecule has 1 unspecified atom stereocenters.